The number of hydrogen-bond donors (Lipinski definition) is 0. The molecular weight excluding hydrogens is 328 g/mol. The SMILES string of the molecule is CC1(C)Cc2cccc(OCC(=O)N(Cc3ccncc3)C3CC3)c2O1. The lowest BCUT2D eigenvalue weighted by molar-refractivity contribution is -0.134. The quantitative estimate of drug-likeness (QED) is 0.800. The van der Waals surface area contributed by atoms with Gasteiger partial charge in [0.25, 0.3) is 5.91 Å². The first-order valence-corrected chi connectivity index (χ1v) is 9.14. The standard InChI is InChI=1S/C21H24N2O3/c1-21(2)12-16-4-3-5-18(20(16)26-21)25-14-19(24)23(17-6-7-17)13-15-8-10-22-11-9-15/h3-5,8-11,17H,6-7,12-14H2,1-2H3. The number of aromatic nitrogens is 1. The summed E-state index contributed by atoms with van der Waals surface area (Å²) in [6.45, 7) is 4.75. The summed E-state index contributed by atoms with van der Waals surface area (Å²) in [5.74, 6) is 1.44. The molecule has 26 heavy (non-hydrogen) atoms. The molecule has 1 aliphatic heterocycles. The minimum absolute atomic E-state index is 0.0131. The molecule has 136 valence electrons. The van der Waals surface area contributed by atoms with E-state index < -0.39 is 0 Å². The van der Waals surface area contributed by atoms with Gasteiger partial charge in [0.15, 0.2) is 18.1 Å². The molecule has 1 saturated carbocycles. The highest BCUT2D eigenvalue weighted by atomic mass is 16.5. The average molecular weight is 352 g/mol. The van der Waals surface area contributed by atoms with E-state index in [1.165, 1.54) is 0 Å². The van der Waals surface area contributed by atoms with Crippen molar-refractivity contribution in [2.75, 3.05) is 6.61 Å². The van der Waals surface area contributed by atoms with E-state index in [1.54, 1.807) is 12.4 Å². The van der Waals surface area contributed by atoms with Crippen molar-refractivity contribution in [3.63, 3.8) is 0 Å². The molecule has 0 atom stereocenters. The Morgan fingerprint density at radius 2 is 2.04 bits per heavy atom. The Labute approximate surface area is 153 Å². The van der Waals surface area contributed by atoms with E-state index in [4.69, 9.17) is 9.47 Å². The molecule has 0 unspecified atom stereocenters. The number of benzene rings is 1. The topological polar surface area (TPSA) is 51.7 Å². The van der Waals surface area contributed by atoms with Crippen LogP contribution in [0.15, 0.2) is 42.7 Å². The van der Waals surface area contributed by atoms with Crippen molar-refractivity contribution in [2.45, 2.75) is 51.3 Å². The second kappa shape index (κ2) is 6.63. The fraction of sp³-hybridized carbons (Fsp3) is 0.429. The zero-order valence-electron chi connectivity index (χ0n) is 15.3. The Hall–Kier alpha value is -2.56. The lowest BCUT2D eigenvalue weighted by Crippen LogP contribution is -2.36. The molecule has 0 bridgehead atoms. The number of hydrogen-bond acceptors (Lipinski definition) is 4. The van der Waals surface area contributed by atoms with E-state index in [-0.39, 0.29) is 18.1 Å². The van der Waals surface area contributed by atoms with Crippen LogP contribution in [0.2, 0.25) is 0 Å². The molecule has 1 aliphatic carbocycles. The lowest BCUT2D eigenvalue weighted by atomic mass is 10.0. The number of nitrogens with zero attached hydrogens (tertiary/aromatic N) is 2. The third kappa shape index (κ3) is 3.66. The van der Waals surface area contributed by atoms with Crippen LogP contribution in [-0.4, -0.2) is 34.0 Å². The van der Waals surface area contributed by atoms with Crippen molar-refractivity contribution >= 4 is 5.91 Å². The summed E-state index contributed by atoms with van der Waals surface area (Å²) in [5, 5.41) is 0. The molecule has 1 aromatic carbocycles. The summed E-state index contributed by atoms with van der Waals surface area (Å²) in [7, 11) is 0. The van der Waals surface area contributed by atoms with Crippen molar-refractivity contribution in [2.24, 2.45) is 0 Å². The molecule has 0 spiro atoms. The maximum Gasteiger partial charge on any atom is 0.261 e. The zero-order chi connectivity index (χ0) is 18.1. The number of carbonyl (C=O) groups excluding carboxylic acids is 1. The number of amides is 1. The smallest absolute Gasteiger partial charge is 0.261 e. The molecule has 2 heterocycles. The third-order valence-corrected chi connectivity index (χ3v) is 4.82. The van der Waals surface area contributed by atoms with Crippen molar-refractivity contribution in [3.8, 4) is 11.5 Å². The Bertz CT molecular complexity index is 800. The van der Waals surface area contributed by atoms with Gasteiger partial charge in [-0.15, -0.1) is 0 Å². The first kappa shape index (κ1) is 16.9. The van der Waals surface area contributed by atoms with Gasteiger partial charge in [-0.05, 0) is 50.5 Å². The van der Waals surface area contributed by atoms with Gasteiger partial charge >= 0.3 is 0 Å². The van der Waals surface area contributed by atoms with Crippen LogP contribution in [0.3, 0.4) is 0 Å². The average Bonchev–Trinajstić information content (AvgIpc) is 3.40. The molecule has 2 aliphatic rings. The van der Waals surface area contributed by atoms with Gasteiger partial charge in [-0.1, -0.05) is 12.1 Å². The Balaban J connectivity index is 1.43. The van der Waals surface area contributed by atoms with Gasteiger partial charge in [-0.25, -0.2) is 0 Å². The number of carbonyl (C=O) groups is 1. The van der Waals surface area contributed by atoms with Crippen LogP contribution in [0.4, 0.5) is 0 Å². The van der Waals surface area contributed by atoms with Crippen LogP contribution >= 0.6 is 0 Å². The predicted molar refractivity (Wildman–Crippen MR) is 98.2 cm³/mol. The van der Waals surface area contributed by atoms with Crippen LogP contribution < -0.4 is 9.47 Å². The Morgan fingerprint density at radius 3 is 2.77 bits per heavy atom. The van der Waals surface area contributed by atoms with E-state index in [0.717, 1.165) is 36.1 Å². The molecule has 4 rings (SSSR count). The van der Waals surface area contributed by atoms with E-state index in [1.807, 2.05) is 29.2 Å². The maximum absolute atomic E-state index is 12.8. The maximum atomic E-state index is 12.8. The molecule has 5 heteroatoms. The first-order chi connectivity index (χ1) is 12.5. The van der Waals surface area contributed by atoms with Crippen LogP contribution in [0, 0.1) is 0 Å². The van der Waals surface area contributed by atoms with Crippen LogP contribution in [0.1, 0.15) is 37.8 Å². The Kier molecular flexibility index (Phi) is 4.31. The van der Waals surface area contributed by atoms with Crippen molar-refractivity contribution in [1.29, 1.82) is 0 Å². The lowest BCUT2D eigenvalue weighted by Gasteiger charge is -2.23. The van der Waals surface area contributed by atoms with Gasteiger partial charge in [0.1, 0.15) is 5.60 Å². The van der Waals surface area contributed by atoms with E-state index in [2.05, 4.69) is 24.9 Å². The fourth-order valence-electron chi connectivity index (χ4n) is 3.42. The summed E-state index contributed by atoms with van der Waals surface area (Å²) in [5.41, 5.74) is 1.99. The predicted octanol–water partition coefficient (Wildman–Crippen LogP) is 3.37. The highest BCUT2D eigenvalue weighted by Crippen LogP contribution is 2.41. The highest BCUT2D eigenvalue weighted by Gasteiger charge is 2.34. The number of fused-ring (bicyclic) bond motifs is 1. The molecule has 1 fully saturated rings. The fourth-order valence-corrected chi connectivity index (χ4v) is 3.42. The normalized spacial score (nSPS) is 17.3. The van der Waals surface area contributed by atoms with Crippen molar-refractivity contribution in [1.82, 2.24) is 9.88 Å². The molecule has 0 radical (unpaired) electrons. The van der Waals surface area contributed by atoms with E-state index >= 15 is 0 Å². The summed E-state index contributed by atoms with van der Waals surface area (Å²) < 4.78 is 11.9. The minimum Gasteiger partial charge on any atom is -0.483 e. The molecule has 2 aromatic rings. The summed E-state index contributed by atoms with van der Waals surface area (Å²) in [6, 6.07) is 10.1. The van der Waals surface area contributed by atoms with E-state index in [0.29, 0.717) is 18.3 Å². The number of rotatable bonds is 6. The largest absolute Gasteiger partial charge is 0.483 e. The second-order valence-corrected chi connectivity index (χ2v) is 7.68. The monoisotopic (exact) mass is 352 g/mol. The third-order valence-electron chi connectivity index (χ3n) is 4.82. The van der Waals surface area contributed by atoms with Gasteiger partial charge < -0.3 is 14.4 Å². The summed E-state index contributed by atoms with van der Waals surface area (Å²) in [4.78, 5) is 18.7. The van der Waals surface area contributed by atoms with E-state index in [9.17, 15) is 4.79 Å². The van der Waals surface area contributed by atoms with Crippen molar-refractivity contribution in [3.05, 3.63) is 53.9 Å². The molecule has 0 N–H and O–H groups in total. The molecule has 0 saturated heterocycles. The van der Waals surface area contributed by atoms with Gasteiger partial charge in [-0.3, -0.25) is 9.78 Å². The van der Waals surface area contributed by atoms with Crippen LogP contribution in [-0.2, 0) is 17.8 Å². The summed E-state index contributed by atoms with van der Waals surface area (Å²) >= 11 is 0. The van der Waals surface area contributed by atoms with Crippen molar-refractivity contribution < 1.29 is 14.3 Å². The minimum atomic E-state index is -0.229. The molecule has 1 amide bonds. The molecule has 1 aromatic heterocycles. The first-order valence-electron chi connectivity index (χ1n) is 9.14. The number of pyridine rings is 1. The van der Waals surface area contributed by atoms with Gasteiger partial charge in [0, 0.05) is 37.0 Å². The number of ether oxygens (including phenoxy) is 2. The van der Waals surface area contributed by atoms with Gasteiger partial charge in [0.05, 0.1) is 0 Å². The van der Waals surface area contributed by atoms with Crippen LogP contribution in [0.25, 0.3) is 0 Å². The van der Waals surface area contributed by atoms with Gasteiger partial charge in [0.2, 0.25) is 0 Å². The number of para-hydroxylation sites is 1. The zero-order valence-corrected chi connectivity index (χ0v) is 15.3. The van der Waals surface area contributed by atoms with Gasteiger partial charge in [-0.2, -0.15) is 0 Å². The second-order valence-electron chi connectivity index (χ2n) is 7.68. The van der Waals surface area contributed by atoms with Crippen LogP contribution in [0.5, 0.6) is 11.5 Å². The molecule has 5 nitrogen and oxygen atoms in total. The summed E-state index contributed by atoms with van der Waals surface area (Å²) in [6.07, 6.45) is 6.49. The highest BCUT2D eigenvalue weighted by molar-refractivity contribution is 5.78. The molecular formula is C21H24N2O3. The Morgan fingerprint density at radius 1 is 1.27 bits per heavy atom.